The van der Waals surface area contributed by atoms with Gasteiger partial charge in [0.2, 0.25) is 0 Å². The lowest BCUT2D eigenvalue weighted by Gasteiger charge is -2.28. The van der Waals surface area contributed by atoms with E-state index in [1.807, 2.05) is 6.07 Å². The number of benzene rings is 1. The molecule has 3 heterocycles. The summed E-state index contributed by atoms with van der Waals surface area (Å²) >= 11 is 0. The average Bonchev–Trinajstić information content (AvgIpc) is 3.47. The highest BCUT2D eigenvalue weighted by Crippen LogP contribution is 2.37. The molecule has 3 N–H and O–H groups in total. The average molecular weight is 454 g/mol. The first-order chi connectivity index (χ1) is 16.0. The molecule has 2 aromatic heterocycles. The Morgan fingerprint density at radius 3 is 2.79 bits per heavy atom. The zero-order valence-electron chi connectivity index (χ0n) is 18.3. The molecule has 33 heavy (non-hydrogen) atoms. The number of nitrogens with one attached hydrogen (secondary N) is 1. The Balaban J connectivity index is 1.42. The third kappa shape index (κ3) is 4.30. The Morgan fingerprint density at radius 1 is 1.18 bits per heavy atom. The molecule has 9 heteroatoms. The lowest BCUT2D eigenvalue weighted by Crippen LogP contribution is -2.38. The summed E-state index contributed by atoms with van der Waals surface area (Å²) < 4.78 is 15.6. The summed E-state index contributed by atoms with van der Waals surface area (Å²) in [5.41, 5.74) is 2.34. The predicted molar refractivity (Wildman–Crippen MR) is 120 cm³/mol. The minimum absolute atomic E-state index is 0.0341. The topological polar surface area (TPSA) is 103 Å². The summed E-state index contributed by atoms with van der Waals surface area (Å²) in [6.45, 7) is 0.590. The first-order valence-electron chi connectivity index (χ1n) is 11.5. The van der Waals surface area contributed by atoms with Gasteiger partial charge in [0.25, 0.3) is 5.91 Å². The summed E-state index contributed by atoms with van der Waals surface area (Å²) in [5, 5.41) is 26.8. The van der Waals surface area contributed by atoms with E-state index < -0.39 is 0 Å². The molecule has 1 amide bonds. The molecule has 8 nitrogen and oxygen atoms in total. The van der Waals surface area contributed by atoms with Gasteiger partial charge in [0.1, 0.15) is 17.2 Å². The van der Waals surface area contributed by atoms with Crippen LogP contribution in [0.1, 0.15) is 66.1 Å². The van der Waals surface area contributed by atoms with Crippen LogP contribution in [0.15, 0.2) is 36.7 Å². The number of aliphatic hydroxyl groups excluding tert-OH is 2. The van der Waals surface area contributed by atoms with Crippen molar-refractivity contribution in [2.75, 3.05) is 11.4 Å². The third-order valence-electron chi connectivity index (χ3n) is 6.82. The van der Waals surface area contributed by atoms with Crippen LogP contribution < -0.4 is 10.2 Å². The molecule has 0 unspecified atom stereocenters. The highest BCUT2D eigenvalue weighted by atomic mass is 19.1. The number of amides is 1. The van der Waals surface area contributed by atoms with Crippen molar-refractivity contribution in [3.63, 3.8) is 0 Å². The van der Waals surface area contributed by atoms with Crippen LogP contribution in [0, 0.1) is 5.82 Å². The Morgan fingerprint density at radius 2 is 2.00 bits per heavy atom. The number of hydrogen-bond donors (Lipinski definition) is 3. The number of anilines is 1. The number of aliphatic hydroxyl groups is 2. The Bertz CT molecular complexity index is 1160. The zero-order chi connectivity index (χ0) is 22.9. The fourth-order valence-electron chi connectivity index (χ4n) is 5.05. The van der Waals surface area contributed by atoms with Crippen LogP contribution in [0.25, 0.3) is 5.65 Å². The smallest absolute Gasteiger partial charge is 0.256 e. The van der Waals surface area contributed by atoms with E-state index in [9.17, 15) is 19.4 Å². The molecule has 2 aliphatic rings. The summed E-state index contributed by atoms with van der Waals surface area (Å²) in [5.74, 6) is 0.137. The molecule has 1 aromatic carbocycles. The molecule has 1 aliphatic carbocycles. The number of hydrogen-bond acceptors (Lipinski definition) is 6. The van der Waals surface area contributed by atoms with Gasteiger partial charge in [-0.2, -0.15) is 5.10 Å². The molecule has 0 spiro atoms. The lowest BCUT2D eigenvalue weighted by molar-refractivity contribution is 0.0869. The van der Waals surface area contributed by atoms with Crippen molar-refractivity contribution < 1.29 is 19.4 Å². The van der Waals surface area contributed by atoms with E-state index in [0.717, 1.165) is 37.8 Å². The minimum atomic E-state index is -0.331. The number of nitrogens with zero attached hydrogens (tertiary/aromatic N) is 4. The minimum Gasteiger partial charge on any atom is -0.393 e. The molecule has 1 atom stereocenters. The van der Waals surface area contributed by atoms with Crippen molar-refractivity contribution in [2.24, 2.45) is 0 Å². The van der Waals surface area contributed by atoms with Crippen molar-refractivity contribution >= 4 is 17.4 Å². The molecule has 3 aromatic rings. The van der Waals surface area contributed by atoms with Crippen LogP contribution in [-0.2, 0) is 6.61 Å². The molecule has 0 bridgehead atoms. The quantitative estimate of drug-likeness (QED) is 0.549. The Kier molecular flexibility index (Phi) is 5.99. The zero-order valence-corrected chi connectivity index (χ0v) is 18.3. The molecule has 0 radical (unpaired) electrons. The van der Waals surface area contributed by atoms with Gasteiger partial charge in [-0.25, -0.2) is 13.9 Å². The molecule has 2 fully saturated rings. The van der Waals surface area contributed by atoms with Crippen LogP contribution in [0.4, 0.5) is 10.2 Å². The number of fused-ring (bicyclic) bond motifs is 1. The standard InChI is InChI=1S/C24H28FN5O3/c25-16-4-3-15(14-31)19(12-16)21-2-1-10-29(21)22-9-11-30-23(28-22)20(13-26-30)24(33)27-17-5-7-18(32)8-6-17/h3-4,9,11-13,17-18,21,31-32H,1-2,5-8,10,14H2,(H,27,33)/t17?,18?,21-/m1/s1. The van der Waals surface area contributed by atoms with Crippen LogP contribution >= 0.6 is 0 Å². The number of rotatable bonds is 5. The second kappa shape index (κ2) is 9.07. The maximum atomic E-state index is 14.0. The second-order valence-electron chi connectivity index (χ2n) is 8.94. The first-order valence-corrected chi connectivity index (χ1v) is 11.5. The van der Waals surface area contributed by atoms with E-state index in [1.165, 1.54) is 18.3 Å². The van der Waals surface area contributed by atoms with Crippen LogP contribution in [-0.4, -0.2) is 49.4 Å². The van der Waals surface area contributed by atoms with Gasteiger partial charge in [-0.1, -0.05) is 6.07 Å². The monoisotopic (exact) mass is 453 g/mol. The van der Waals surface area contributed by atoms with E-state index in [0.29, 0.717) is 35.4 Å². The number of halogens is 1. The van der Waals surface area contributed by atoms with Gasteiger partial charge >= 0.3 is 0 Å². The van der Waals surface area contributed by atoms with Crippen molar-refractivity contribution in [1.82, 2.24) is 19.9 Å². The lowest BCUT2D eigenvalue weighted by atomic mass is 9.93. The molecule has 1 aliphatic heterocycles. The molecule has 1 saturated carbocycles. The number of aromatic nitrogens is 3. The van der Waals surface area contributed by atoms with E-state index in [1.54, 1.807) is 16.8 Å². The van der Waals surface area contributed by atoms with Gasteiger partial charge in [-0.15, -0.1) is 0 Å². The van der Waals surface area contributed by atoms with Gasteiger partial charge in [-0.05, 0) is 67.9 Å². The van der Waals surface area contributed by atoms with E-state index in [2.05, 4.69) is 15.3 Å². The van der Waals surface area contributed by atoms with E-state index in [-0.39, 0.29) is 36.5 Å². The summed E-state index contributed by atoms with van der Waals surface area (Å²) in [6, 6.07) is 6.26. The maximum absolute atomic E-state index is 14.0. The predicted octanol–water partition coefficient (Wildman–Crippen LogP) is 2.74. The second-order valence-corrected chi connectivity index (χ2v) is 8.94. The van der Waals surface area contributed by atoms with Gasteiger partial charge < -0.3 is 20.4 Å². The molecular weight excluding hydrogens is 425 g/mol. The van der Waals surface area contributed by atoms with Crippen molar-refractivity contribution in [3.8, 4) is 0 Å². The first kappa shape index (κ1) is 21.8. The normalized spacial score (nSPS) is 23.2. The van der Waals surface area contributed by atoms with E-state index in [4.69, 9.17) is 4.98 Å². The maximum Gasteiger partial charge on any atom is 0.256 e. The number of carbonyl (C=O) groups excluding carboxylic acids is 1. The van der Waals surface area contributed by atoms with Gasteiger partial charge in [0, 0.05) is 18.8 Å². The van der Waals surface area contributed by atoms with Crippen LogP contribution in [0.2, 0.25) is 0 Å². The molecule has 1 saturated heterocycles. The SMILES string of the molecule is O=C(NC1CCC(O)CC1)c1cnn2ccc(N3CCC[C@@H]3c3cc(F)ccc3CO)nc12. The molecule has 5 rings (SSSR count). The highest BCUT2D eigenvalue weighted by Gasteiger charge is 2.30. The largest absolute Gasteiger partial charge is 0.393 e. The Hall–Kier alpha value is -3.04. The van der Waals surface area contributed by atoms with Crippen molar-refractivity contribution in [1.29, 1.82) is 0 Å². The molecule has 174 valence electrons. The van der Waals surface area contributed by atoms with Crippen LogP contribution in [0.5, 0.6) is 0 Å². The molecular formula is C24H28FN5O3. The van der Waals surface area contributed by atoms with Gasteiger partial charge in [0.15, 0.2) is 5.65 Å². The third-order valence-corrected chi connectivity index (χ3v) is 6.82. The Labute approximate surface area is 191 Å². The van der Waals surface area contributed by atoms with E-state index >= 15 is 0 Å². The summed E-state index contributed by atoms with van der Waals surface area (Å²) in [6.07, 6.45) is 7.64. The van der Waals surface area contributed by atoms with Crippen LogP contribution in [0.3, 0.4) is 0 Å². The van der Waals surface area contributed by atoms with Crippen molar-refractivity contribution in [3.05, 3.63) is 59.2 Å². The fraction of sp³-hybridized carbons (Fsp3) is 0.458. The highest BCUT2D eigenvalue weighted by molar-refractivity contribution is 5.99. The summed E-state index contributed by atoms with van der Waals surface area (Å²) in [4.78, 5) is 19.8. The summed E-state index contributed by atoms with van der Waals surface area (Å²) in [7, 11) is 0. The number of carbonyl (C=O) groups is 1. The fourth-order valence-corrected chi connectivity index (χ4v) is 5.05. The van der Waals surface area contributed by atoms with Gasteiger partial charge in [0.05, 0.1) is 24.9 Å². The van der Waals surface area contributed by atoms with Crippen molar-refractivity contribution in [2.45, 2.75) is 63.3 Å². The van der Waals surface area contributed by atoms with Gasteiger partial charge in [-0.3, -0.25) is 4.79 Å².